The maximum Gasteiger partial charge on any atom is 0.335 e. The summed E-state index contributed by atoms with van der Waals surface area (Å²) < 4.78 is 25.3. The Hall–Kier alpha value is -4.23. The minimum atomic E-state index is -1.16. The number of aliphatic hydroxyl groups excluding tert-OH is 1. The third-order valence-corrected chi connectivity index (χ3v) is 7.79. The van der Waals surface area contributed by atoms with Gasteiger partial charge in [-0.25, -0.2) is 23.9 Å². The highest BCUT2D eigenvalue weighted by Gasteiger charge is 2.56. The molecule has 4 aromatic rings. The second-order valence-corrected chi connectivity index (χ2v) is 11.5. The molecule has 0 radical (unpaired) electrons. The van der Waals surface area contributed by atoms with Crippen molar-refractivity contribution in [3.8, 4) is 22.5 Å². The number of benzene rings is 2. The molecule has 2 aromatic heterocycles. The number of hydrogen-bond donors (Lipinski definition) is 1. The molecule has 4 atom stereocenters. The van der Waals surface area contributed by atoms with Gasteiger partial charge in [0.05, 0.1) is 24.6 Å². The predicted octanol–water partition coefficient (Wildman–Crippen LogP) is 2.88. The second kappa shape index (κ2) is 11.4. The first kappa shape index (κ1) is 29.8. The smallest absolute Gasteiger partial charge is 0.335 e. The Morgan fingerprint density at radius 3 is 2.07 bits per heavy atom. The molecule has 2 aliphatic heterocycles. The standard InChI is InChI=1S/C32H34N4O8/c1-6-41-22(38)15-35-29(39)25-28(36(31(35)40)30-27-26(21(16-37)42-30)43-32(4,5)44-27)34-24(20-13-9-18(3)10-14-20)23(33-25)19-11-7-17(2)8-12-19/h7-14,21,26-27,30,37H,6,15-16H2,1-5H3/t21-,26-,27-,30-/m1/s1. The highest BCUT2D eigenvalue weighted by Crippen LogP contribution is 2.43. The summed E-state index contributed by atoms with van der Waals surface area (Å²) in [5.41, 5.74) is 2.50. The zero-order valence-electron chi connectivity index (χ0n) is 25.1. The highest BCUT2D eigenvalue weighted by molar-refractivity contribution is 5.84. The molecule has 2 aliphatic rings. The van der Waals surface area contributed by atoms with Crippen molar-refractivity contribution in [2.75, 3.05) is 13.2 Å². The fraction of sp³-hybridized carbons (Fsp3) is 0.406. The Kier molecular flexibility index (Phi) is 7.70. The van der Waals surface area contributed by atoms with Crippen LogP contribution in [0, 0.1) is 13.8 Å². The van der Waals surface area contributed by atoms with E-state index < -0.39 is 60.7 Å². The van der Waals surface area contributed by atoms with Gasteiger partial charge in [-0.15, -0.1) is 0 Å². The number of hydrogen-bond acceptors (Lipinski definition) is 10. The lowest BCUT2D eigenvalue weighted by Crippen LogP contribution is -2.46. The number of rotatable bonds is 7. The summed E-state index contributed by atoms with van der Waals surface area (Å²) in [6, 6.07) is 15.3. The van der Waals surface area contributed by atoms with E-state index in [0.29, 0.717) is 17.0 Å². The zero-order chi connectivity index (χ0) is 31.3. The number of esters is 1. The van der Waals surface area contributed by atoms with Crippen molar-refractivity contribution in [1.82, 2.24) is 19.1 Å². The first-order valence-corrected chi connectivity index (χ1v) is 14.5. The molecule has 0 bridgehead atoms. The maximum absolute atomic E-state index is 14.2. The Morgan fingerprint density at radius 1 is 0.932 bits per heavy atom. The lowest BCUT2D eigenvalue weighted by Gasteiger charge is -2.25. The van der Waals surface area contributed by atoms with Crippen molar-refractivity contribution in [3.05, 3.63) is 80.5 Å². The van der Waals surface area contributed by atoms with E-state index in [-0.39, 0.29) is 17.8 Å². The van der Waals surface area contributed by atoms with Gasteiger partial charge in [-0.2, -0.15) is 0 Å². The van der Waals surface area contributed by atoms with E-state index >= 15 is 0 Å². The summed E-state index contributed by atoms with van der Waals surface area (Å²) >= 11 is 0. The van der Waals surface area contributed by atoms with Gasteiger partial charge < -0.3 is 24.1 Å². The minimum Gasteiger partial charge on any atom is -0.465 e. The first-order chi connectivity index (χ1) is 21.0. The van der Waals surface area contributed by atoms with Crippen LogP contribution in [0.25, 0.3) is 33.7 Å². The van der Waals surface area contributed by atoms with Gasteiger partial charge in [0.15, 0.2) is 23.2 Å². The fourth-order valence-corrected chi connectivity index (χ4v) is 5.72. The van der Waals surface area contributed by atoms with Gasteiger partial charge in [0.25, 0.3) is 5.56 Å². The molecule has 12 heteroatoms. The van der Waals surface area contributed by atoms with E-state index in [9.17, 15) is 19.5 Å². The molecule has 230 valence electrons. The van der Waals surface area contributed by atoms with Gasteiger partial charge in [-0.05, 0) is 34.6 Å². The molecule has 4 heterocycles. The molecule has 0 saturated carbocycles. The van der Waals surface area contributed by atoms with Gasteiger partial charge in [0, 0.05) is 11.1 Å². The third-order valence-electron chi connectivity index (χ3n) is 7.79. The average molecular weight is 603 g/mol. The summed E-state index contributed by atoms with van der Waals surface area (Å²) in [7, 11) is 0. The lowest BCUT2D eigenvalue weighted by atomic mass is 10.0. The number of aliphatic hydroxyl groups is 1. The molecular weight excluding hydrogens is 568 g/mol. The summed E-state index contributed by atoms with van der Waals surface area (Å²) in [5.74, 6) is -1.79. The Morgan fingerprint density at radius 2 is 1.50 bits per heavy atom. The largest absolute Gasteiger partial charge is 0.465 e. The molecule has 1 N–H and O–H groups in total. The number of carbonyl (C=O) groups excluding carboxylic acids is 1. The fourth-order valence-electron chi connectivity index (χ4n) is 5.72. The molecule has 44 heavy (non-hydrogen) atoms. The second-order valence-electron chi connectivity index (χ2n) is 11.5. The van der Waals surface area contributed by atoms with Crippen LogP contribution in [-0.4, -0.2) is 67.5 Å². The monoisotopic (exact) mass is 602 g/mol. The number of nitrogens with zero attached hydrogens (tertiary/aromatic N) is 4. The number of aromatic nitrogens is 4. The van der Waals surface area contributed by atoms with Crippen molar-refractivity contribution >= 4 is 17.1 Å². The summed E-state index contributed by atoms with van der Waals surface area (Å²) in [4.78, 5) is 50.4. The molecule has 2 aromatic carbocycles. The van der Waals surface area contributed by atoms with Crippen LogP contribution < -0.4 is 11.2 Å². The van der Waals surface area contributed by atoms with Crippen molar-refractivity contribution in [2.24, 2.45) is 0 Å². The zero-order valence-corrected chi connectivity index (χ0v) is 25.1. The SMILES string of the molecule is CCOC(=O)Cn1c(=O)c2nc(-c3ccc(C)cc3)c(-c3ccc(C)cc3)nc2n([C@@H]2O[C@H](CO)[C@H]3OC(C)(C)O[C@H]32)c1=O. The molecule has 0 spiro atoms. The average Bonchev–Trinajstić information content (AvgIpc) is 3.48. The molecule has 0 aliphatic carbocycles. The molecule has 6 rings (SSSR count). The molecule has 2 saturated heterocycles. The van der Waals surface area contributed by atoms with Crippen molar-refractivity contribution in [1.29, 1.82) is 0 Å². The van der Waals surface area contributed by atoms with Crippen molar-refractivity contribution < 1.29 is 28.8 Å². The normalized spacial score (nSPS) is 22.3. The molecule has 0 amide bonds. The van der Waals surface area contributed by atoms with Crippen LogP contribution in [0.3, 0.4) is 0 Å². The number of fused-ring (bicyclic) bond motifs is 2. The van der Waals surface area contributed by atoms with Crippen molar-refractivity contribution in [2.45, 2.75) is 71.5 Å². The van der Waals surface area contributed by atoms with Crippen LogP contribution in [0.5, 0.6) is 0 Å². The Bertz CT molecular complexity index is 1850. The van der Waals surface area contributed by atoms with Gasteiger partial charge in [0.2, 0.25) is 0 Å². The Balaban J connectivity index is 1.67. The van der Waals surface area contributed by atoms with Crippen LogP contribution in [-0.2, 0) is 30.3 Å². The molecular formula is C32H34N4O8. The number of ether oxygens (including phenoxy) is 4. The van der Waals surface area contributed by atoms with E-state index in [1.807, 2.05) is 62.4 Å². The predicted molar refractivity (Wildman–Crippen MR) is 160 cm³/mol. The molecule has 0 unspecified atom stereocenters. The lowest BCUT2D eigenvalue weighted by molar-refractivity contribution is -0.200. The quantitative estimate of drug-likeness (QED) is 0.314. The van der Waals surface area contributed by atoms with E-state index in [0.717, 1.165) is 21.3 Å². The van der Waals surface area contributed by atoms with Gasteiger partial charge >= 0.3 is 11.7 Å². The topological polar surface area (TPSA) is 144 Å². The van der Waals surface area contributed by atoms with Crippen molar-refractivity contribution in [3.63, 3.8) is 0 Å². The minimum absolute atomic E-state index is 0.0535. The van der Waals surface area contributed by atoms with Crippen LogP contribution in [0.1, 0.15) is 38.1 Å². The number of carbonyl (C=O) groups is 1. The van der Waals surface area contributed by atoms with E-state index in [1.165, 1.54) is 4.57 Å². The van der Waals surface area contributed by atoms with E-state index in [4.69, 9.17) is 28.9 Å². The maximum atomic E-state index is 14.2. The Labute approximate surface area is 252 Å². The summed E-state index contributed by atoms with van der Waals surface area (Å²) in [6.07, 6.45) is -3.52. The molecule has 12 nitrogen and oxygen atoms in total. The van der Waals surface area contributed by atoms with E-state index in [2.05, 4.69) is 0 Å². The van der Waals surface area contributed by atoms with Gasteiger partial charge in [0.1, 0.15) is 24.9 Å². The van der Waals surface area contributed by atoms with Crippen LogP contribution >= 0.6 is 0 Å². The van der Waals surface area contributed by atoms with Gasteiger partial charge in [-0.1, -0.05) is 59.7 Å². The molecule has 2 fully saturated rings. The van der Waals surface area contributed by atoms with Crippen LogP contribution in [0.2, 0.25) is 0 Å². The summed E-state index contributed by atoms with van der Waals surface area (Å²) in [6.45, 7) is 8.04. The van der Waals surface area contributed by atoms with E-state index in [1.54, 1.807) is 20.8 Å². The summed E-state index contributed by atoms with van der Waals surface area (Å²) in [5, 5.41) is 10.1. The van der Waals surface area contributed by atoms with Crippen LogP contribution in [0.4, 0.5) is 0 Å². The first-order valence-electron chi connectivity index (χ1n) is 14.5. The highest BCUT2D eigenvalue weighted by atomic mass is 16.8. The number of aryl methyl sites for hydroxylation is 2. The van der Waals surface area contributed by atoms with Crippen LogP contribution in [0.15, 0.2) is 58.1 Å². The van der Waals surface area contributed by atoms with Gasteiger partial charge in [-0.3, -0.25) is 9.59 Å². The third kappa shape index (κ3) is 5.23.